The first-order valence-electron chi connectivity index (χ1n) is 8.69. The standard InChI is InChI=1S/C20H22N4O2S/c1-13-7-9-15(10-8-13)22-19(26)12-27-11-18(25)21-14(2)20-23-16-5-3-4-6-17(16)24-20/h3-10,14H,11-12H2,1-2H3,(H,21,25)(H,22,26)(H,23,24). The molecule has 2 amide bonds. The fourth-order valence-corrected chi connectivity index (χ4v) is 3.23. The predicted octanol–water partition coefficient (Wildman–Crippen LogP) is 3.42. The zero-order valence-corrected chi connectivity index (χ0v) is 16.1. The van der Waals surface area contributed by atoms with Crippen LogP contribution in [-0.4, -0.2) is 33.3 Å². The van der Waals surface area contributed by atoms with Crippen molar-refractivity contribution in [2.75, 3.05) is 16.8 Å². The number of H-pyrrole nitrogens is 1. The average molecular weight is 382 g/mol. The van der Waals surface area contributed by atoms with Crippen LogP contribution in [0.15, 0.2) is 48.5 Å². The number of imidazole rings is 1. The van der Waals surface area contributed by atoms with Crippen LogP contribution < -0.4 is 10.6 Å². The first kappa shape index (κ1) is 19.0. The Morgan fingerprint density at radius 1 is 1.07 bits per heavy atom. The third-order valence-electron chi connectivity index (χ3n) is 4.00. The topological polar surface area (TPSA) is 86.9 Å². The van der Waals surface area contributed by atoms with Gasteiger partial charge >= 0.3 is 0 Å². The molecular weight excluding hydrogens is 360 g/mol. The summed E-state index contributed by atoms with van der Waals surface area (Å²) >= 11 is 1.28. The second kappa shape index (κ2) is 8.73. The van der Waals surface area contributed by atoms with E-state index in [4.69, 9.17) is 0 Å². The van der Waals surface area contributed by atoms with E-state index in [0.29, 0.717) is 5.82 Å². The van der Waals surface area contributed by atoms with Crippen LogP contribution in [0.1, 0.15) is 24.4 Å². The summed E-state index contributed by atoms with van der Waals surface area (Å²) in [5, 5.41) is 5.72. The van der Waals surface area contributed by atoms with E-state index in [1.54, 1.807) is 0 Å². The Balaban J connectivity index is 1.42. The van der Waals surface area contributed by atoms with Gasteiger partial charge in [0.15, 0.2) is 0 Å². The monoisotopic (exact) mass is 382 g/mol. The Morgan fingerprint density at radius 3 is 2.52 bits per heavy atom. The molecule has 0 saturated carbocycles. The van der Waals surface area contributed by atoms with E-state index in [1.807, 2.05) is 62.4 Å². The summed E-state index contributed by atoms with van der Waals surface area (Å²) in [6.45, 7) is 3.87. The van der Waals surface area contributed by atoms with Gasteiger partial charge in [-0.15, -0.1) is 11.8 Å². The Morgan fingerprint density at radius 2 is 1.78 bits per heavy atom. The van der Waals surface area contributed by atoms with Crippen molar-refractivity contribution in [2.45, 2.75) is 19.9 Å². The summed E-state index contributed by atoms with van der Waals surface area (Å²) in [4.78, 5) is 31.8. The highest BCUT2D eigenvalue weighted by atomic mass is 32.2. The van der Waals surface area contributed by atoms with E-state index < -0.39 is 0 Å². The largest absolute Gasteiger partial charge is 0.346 e. The van der Waals surface area contributed by atoms with E-state index >= 15 is 0 Å². The molecule has 0 spiro atoms. The van der Waals surface area contributed by atoms with Crippen molar-refractivity contribution in [2.24, 2.45) is 0 Å². The van der Waals surface area contributed by atoms with Crippen molar-refractivity contribution in [1.82, 2.24) is 15.3 Å². The number of carbonyl (C=O) groups excluding carboxylic acids is 2. The third-order valence-corrected chi connectivity index (χ3v) is 4.93. The minimum atomic E-state index is -0.230. The number of para-hydroxylation sites is 2. The lowest BCUT2D eigenvalue weighted by Crippen LogP contribution is -2.29. The second-order valence-corrected chi connectivity index (χ2v) is 7.32. The fraction of sp³-hybridized carbons (Fsp3) is 0.250. The lowest BCUT2D eigenvalue weighted by atomic mass is 10.2. The number of carbonyl (C=O) groups is 2. The molecule has 3 aromatic rings. The minimum absolute atomic E-state index is 0.123. The van der Waals surface area contributed by atoms with Crippen molar-refractivity contribution >= 4 is 40.3 Å². The SMILES string of the molecule is Cc1ccc(NC(=O)CSCC(=O)NC(C)c2nc3ccccc3[nH]2)cc1. The molecule has 0 aliphatic carbocycles. The number of aryl methyl sites for hydroxylation is 1. The Kier molecular flexibility index (Phi) is 6.13. The number of nitrogens with one attached hydrogen (secondary N) is 3. The number of aromatic amines is 1. The van der Waals surface area contributed by atoms with E-state index in [9.17, 15) is 9.59 Å². The molecule has 1 heterocycles. The molecule has 6 nitrogen and oxygen atoms in total. The van der Waals surface area contributed by atoms with Crippen LogP contribution in [0, 0.1) is 6.92 Å². The van der Waals surface area contributed by atoms with E-state index in [1.165, 1.54) is 11.8 Å². The van der Waals surface area contributed by atoms with Crippen molar-refractivity contribution in [3.8, 4) is 0 Å². The smallest absolute Gasteiger partial charge is 0.234 e. The third kappa shape index (κ3) is 5.34. The van der Waals surface area contributed by atoms with Gasteiger partial charge in [0.2, 0.25) is 11.8 Å². The van der Waals surface area contributed by atoms with Gasteiger partial charge in [-0.25, -0.2) is 4.98 Å². The number of hydrogen-bond donors (Lipinski definition) is 3. The highest BCUT2D eigenvalue weighted by molar-refractivity contribution is 8.00. The molecule has 1 aromatic heterocycles. The summed E-state index contributed by atoms with van der Waals surface area (Å²) < 4.78 is 0. The average Bonchev–Trinajstić information content (AvgIpc) is 3.08. The van der Waals surface area contributed by atoms with Crippen molar-refractivity contribution in [1.29, 1.82) is 0 Å². The first-order chi connectivity index (χ1) is 13.0. The maximum absolute atomic E-state index is 12.1. The quantitative estimate of drug-likeness (QED) is 0.584. The zero-order chi connectivity index (χ0) is 19.2. The van der Waals surface area contributed by atoms with Crippen LogP contribution >= 0.6 is 11.8 Å². The van der Waals surface area contributed by atoms with Gasteiger partial charge in [-0.1, -0.05) is 29.8 Å². The van der Waals surface area contributed by atoms with Crippen molar-refractivity contribution in [3.63, 3.8) is 0 Å². The molecule has 3 rings (SSSR count). The van der Waals surface area contributed by atoms with Gasteiger partial charge in [0.05, 0.1) is 28.6 Å². The molecule has 0 aliphatic heterocycles. The molecule has 0 fully saturated rings. The predicted molar refractivity (Wildman–Crippen MR) is 110 cm³/mol. The highest BCUT2D eigenvalue weighted by Crippen LogP contribution is 2.16. The van der Waals surface area contributed by atoms with Gasteiger partial charge < -0.3 is 15.6 Å². The molecule has 0 saturated heterocycles. The second-order valence-electron chi connectivity index (χ2n) is 6.34. The number of amides is 2. The molecule has 2 aromatic carbocycles. The molecule has 140 valence electrons. The summed E-state index contributed by atoms with van der Waals surface area (Å²) in [5.41, 5.74) is 3.71. The number of thioether (sulfide) groups is 1. The Bertz CT molecular complexity index is 904. The van der Waals surface area contributed by atoms with E-state index in [2.05, 4.69) is 20.6 Å². The Hall–Kier alpha value is -2.80. The van der Waals surface area contributed by atoms with Crippen LogP contribution in [0.2, 0.25) is 0 Å². The van der Waals surface area contributed by atoms with Crippen LogP contribution in [-0.2, 0) is 9.59 Å². The van der Waals surface area contributed by atoms with Gasteiger partial charge in [-0.3, -0.25) is 9.59 Å². The number of anilines is 1. The van der Waals surface area contributed by atoms with E-state index in [-0.39, 0.29) is 29.4 Å². The van der Waals surface area contributed by atoms with Gasteiger partial charge in [-0.2, -0.15) is 0 Å². The molecule has 0 radical (unpaired) electrons. The molecule has 7 heteroatoms. The lowest BCUT2D eigenvalue weighted by molar-refractivity contribution is -0.119. The summed E-state index contributed by atoms with van der Waals surface area (Å²) in [6.07, 6.45) is 0. The highest BCUT2D eigenvalue weighted by Gasteiger charge is 2.14. The first-order valence-corrected chi connectivity index (χ1v) is 9.85. The maximum atomic E-state index is 12.1. The Labute approximate surface area is 162 Å². The van der Waals surface area contributed by atoms with Gasteiger partial charge in [0, 0.05) is 5.69 Å². The molecule has 0 aliphatic rings. The zero-order valence-electron chi connectivity index (χ0n) is 15.3. The number of fused-ring (bicyclic) bond motifs is 1. The van der Waals surface area contributed by atoms with Gasteiger partial charge in [0.25, 0.3) is 0 Å². The lowest BCUT2D eigenvalue weighted by Gasteiger charge is -2.11. The molecular formula is C20H22N4O2S. The van der Waals surface area contributed by atoms with Gasteiger partial charge in [0.1, 0.15) is 5.82 Å². The van der Waals surface area contributed by atoms with Crippen molar-refractivity contribution < 1.29 is 9.59 Å². The number of hydrogen-bond acceptors (Lipinski definition) is 4. The summed E-state index contributed by atoms with van der Waals surface area (Å²) in [7, 11) is 0. The molecule has 0 bridgehead atoms. The molecule has 3 N–H and O–H groups in total. The van der Waals surface area contributed by atoms with Gasteiger partial charge in [-0.05, 0) is 38.1 Å². The van der Waals surface area contributed by atoms with Crippen LogP contribution in [0.5, 0.6) is 0 Å². The molecule has 27 heavy (non-hydrogen) atoms. The number of nitrogens with zero attached hydrogens (tertiary/aromatic N) is 1. The van der Waals surface area contributed by atoms with E-state index in [0.717, 1.165) is 22.3 Å². The van der Waals surface area contributed by atoms with Crippen molar-refractivity contribution in [3.05, 3.63) is 59.9 Å². The van der Waals surface area contributed by atoms with Crippen LogP contribution in [0.4, 0.5) is 5.69 Å². The summed E-state index contributed by atoms with van der Waals surface area (Å²) in [5.74, 6) is 0.899. The van der Waals surface area contributed by atoms with Crippen LogP contribution in [0.3, 0.4) is 0 Å². The fourth-order valence-electron chi connectivity index (χ4n) is 2.60. The normalized spacial score (nSPS) is 11.9. The van der Waals surface area contributed by atoms with Crippen LogP contribution in [0.25, 0.3) is 11.0 Å². The number of aromatic nitrogens is 2. The summed E-state index contributed by atoms with van der Waals surface area (Å²) in [6, 6.07) is 15.1. The minimum Gasteiger partial charge on any atom is -0.346 e. The number of benzene rings is 2. The molecule has 1 unspecified atom stereocenters. The molecule has 1 atom stereocenters. The maximum Gasteiger partial charge on any atom is 0.234 e. The number of rotatable bonds is 7.